The first kappa shape index (κ1) is 24.0. The number of anilines is 2. The van der Waals surface area contributed by atoms with E-state index in [9.17, 15) is 9.50 Å². The molecule has 0 bridgehead atoms. The first-order valence-electron chi connectivity index (χ1n) is 12.3. The van der Waals surface area contributed by atoms with Gasteiger partial charge in [0.1, 0.15) is 11.7 Å². The third-order valence-corrected chi connectivity index (χ3v) is 8.56. The molecule has 0 radical (unpaired) electrons. The molecular formula is C28H27BrClFN4O. The van der Waals surface area contributed by atoms with Crippen LogP contribution >= 0.6 is 27.5 Å². The average molecular weight is 570 g/mol. The molecule has 0 saturated carbocycles. The monoisotopic (exact) mass is 568 g/mol. The Morgan fingerprint density at radius 2 is 1.92 bits per heavy atom. The molecule has 5 nitrogen and oxygen atoms in total. The Balaban J connectivity index is 1.27. The van der Waals surface area contributed by atoms with Crippen molar-refractivity contribution in [3.63, 3.8) is 0 Å². The molecule has 0 spiro atoms. The van der Waals surface area contributed by atoms with Crippen molar-refractivity contribution in [1.29, 1.82) is 0 Å². The van der Waals surface area contributed by atoms with Gasteiger partial charge in [0.2, 0.25) is 0 Å². The molecule has 1 N–H and O–H groups in total. The summed E-state index contributed by atoms with van der Waals surface area (Å²) in [5.74, 6) is 1.00. The number of aliphatic hydroxyl groups excluding tert-OH is 1. The molecule has 3 aromatic rings. The van der Waals surface area contributed by atoms with E-state index in [1.807, 2.05) is 12.1 Å². The van der Waals surface area contributed by atoms with Crippen LogP contribution in [-0.2, 0) is 12.0 Å². The lowest BCUT2D eigenvalue weighted by atomic mass is 9.83. The van der Waals surface area contributed by atoms with Gasteiger partial charge in [-0.1, -0.05) is 29.8 Å². The van der Waals surface area contributed by atoms with Crippen molar-refractivity contribution < 1.29 is 9.50 Å². The maximum atomic E-state index is 14.3. The fraction of sp³-hybridized carbons (Fsp3) is 0.357. The summed E-state index contributed by atoms with van der Waals surface area (Å²) in [5.41, 5.74) is 5.30. The van der Waals surface area contributed by atoms with Crippen LogP contribution in [0, 0.1) is 5.82 Å². The van der Waals surface area contributed by atoms with E-state index in [1.165, 1.54) is 17.2 Å². The zero-order valence-electron chi connectivity index (χ0n) is 20.2. The molecule has 3 aliphatic heterocycles. The van der Waals surface area contributed by atoms with Gasteiger partial charge in [-0.3, -0.25) is 14.8 Å². The number of aliphatic hydroxyl groups is 1. The van der Waals surface area contributed by atoms with E-state index in [4.69, 9.17) is 11.6 Å². The van der Waals surface area contributed by atoms with Gasteiger partial charge in [-0.25, -0.2) is 9.38 Å². The van der Waals surface area contributed by atoms with Crippen LogP contribution in [0.1, 0.15) is 61.2 Å². The Labute approximate surface area is 223 Å². The molecular weight excluding hydrogens is 543 g/mol. The first-order chi connectivity index (χ1) is 17.2. The highest BCUT2D eigenvalue weighted by Gasteiger charge is 2.46. The summed E-state index contributed by atoms with van der Waals surface area (Å²) in [7, 11) is 0. The summed E-state index contributed by atoms with van der Waals surface area (Å²) in [4.78, 5) is 13.4. The number of halogens is 3. The Bertz CT molecular complexity index is 1390. The molecule has 1 saturated heterocycles. The Morgan fingerprint density at radius 3 is 2.67 bits per heavy atom. The van der Waals surface area contributed by atoms with Crippen molar-refractivity contribution in [3.8, 4) is 0 Å². The van der Waals surface area contributed by atoms with Crippen molar-refractivity contribution in [2.75, 3.05) is 18.0 Å². The first-order valence-corrected chi connectivity index (χ1v) is 13.4. The van der Waals surface area contributed by atoms with Gasteiger partial charge in [0, 0.05) is 28.2 Å². The number of piperidine rings is 1. The Hall–Kier alpha value is -2.32. The molecule has 2 aromatic carbocycles. The number of aromatic nitrogens is 1. The number of pyridine rings is 1. The highest BCUT2D eigenvalue weighted by Crippen LogP contribution is 2.52. The smallest absolute Gasteiger partial charge is 0.176 e. The number of rotatable bonds is 3. The number of hydrogen-bond donors (Lipinski definition) is 1. The molecule has 186 valence electrons. The third kappa shape index (κ3) is 3.88. The van der Waals surface area contributed by atoms with Crippen molar-refractivity contribution in [3.05, 3.63) is 86.4 Å². The number of nitrogens with zero attached hydrogens (tertiary/aromatic N) is 4. The summed E-state index contributed by atoms with van der Waals surface area (Å²) in [6, 6.07) is 13.9. The van der Waals surface area contributed by atoms with Crippen LogP contribution < -0.4 is 4.90 Å². The number of likely N-dealkylation sites (tertiary alicyclic amines) is 1. The lowest BCUT2D eigenvalue weighted by Gasteiger charge is -2.33. The SMILES string of the molecule is CC1(C)C2=NC(O)c3c(Cl)cccc3N2c2cc(C3CCN(Cc4ncc(Br)cc4F)CC3)ccc21. The van der Waals surface area contributed by atoms with E-state index in [0.29, 0.717) is 33.2 Å². The van der Waals surface area contributed by atoms with Crippen LogP contribution in [0.3, 0.4) is 0 Å². The van der Waals surface area contributed by atoms with Gasteiger partial charge in [0.25, 0.3) is 0 Å². The highest BCUT2D eigenvalue weighted by molar-refractivity contribution is 9.10. The minimum absolute atomic E-state index is 0.266. The molecule has 1 aromatic heterocycles. The zero-order chi connectivity index (χ0) is 25.2. The summed E-state index contributed by atoms with van der Waals surface area (Å²) in [5, 5.41) is 11.3. The van der Waals surface area contributed by atoms with Crippen LogP contribution in [0.4, 0.5) is 15.8 Å². The van der Waals surface area contributed by atoms with Crippen LogP contribution in [0.15, 0.2) is 58.1 Å². The predicted molar refractivity (Wildman–Crippen MR) is 145 cm³/mol. The Kier molecular flexibility index (Phi) is 5.95. The minimum atomic E-state index is -0.970. The van der Waals surface area contributed by atoms with Gasteiger partial charge < -0.3 is 5.11 Å². The van der Waals surface area contributed by atoms with Crippen molar-refractivity contribution in [2.45, 2.75) is 50.8 Å². The molecule has 1 unspecified atom stereocenters. The number of fused-ring (bicyclic) bond motifs is 5. The second-order valence-electron chi connectivity index (χ2n) is 10.4. The molecule has 1 atom stereocenters. The van der Waals surface area contributed by atoms with E-state index >= 15 is 0 Å². The number of hydrogen-bond acceptors (Lipinski definition) is 5. The minimum Gasteiger partial charge on any atom is -0.368 e. The zero-order valence-corrected chi connectivity index (χ0v) is 22.5. The lowest BCUT2D eigenvalue weighted by Crippen LogP contribution is -2.37. The number of aliphatic imine (C=N–C) groups is 1. The second kappa shape index (κ2) is 8.91. The molecule has 3 aliphatic rings. The van der Waals surface area contributed by atoms with Gasteiger partial charge in [-0.05, 0) is 97.0 Å². The molecule has 1 fully saturated rings. The maximum absolute atomic E-state index is 14.3. The fourth-order valence-corrected chi connectivity index (χ4v) is 6.42. The summed E-state index contributed by atoms with van der Waals surface area (Å²) in [6.45, 7) is 6.62. The van der Waals surface area contributed by atoms with Crippen molar-refractivity contribution in [2.24, 2.45) is 4.99 Å². The molecule has 6 rings (SSSR count). The maximum Gasteiger partial charge on any atom is 0.176 e. The lowest BCUT2D eigenvalue weighted by molar-refractivity contribution is 0.186. The quantitative estimate of drug-likeness (QED) is 0.375. The summed E-state index contributed by atoms with van der Waals surface area (Å²) in [6.07, 6.45) is 2.69. The Morgan fingerprint density at radius 1 is 1.14 bits per heavy atom. The molecule has 0 aliphatic carbocycles. The molecule has 36 heavy (non-hydrogen) atoms. The standard InChI is InChI=1S/C28H27BrClFN4O/c1-28(2)19-7-6-17(16-8-10-34(11-9-16)15-22-21(31)13-18(29)14-32-22)12-24(19)35-23-5-3-4-20(30)25(23)26(36)33-27(28)35/h3-7,12-14,16,26,36H,8-11,15H2,1-2H3. The van der Waals surface area contributed by atoms with Crippen LogP contribution in [0.2, 0.25) is 5.02 Å². The fourth-order valence-electron chi connectivity index (χ4n) is 5.85. The molecule has 0 amide bonds. The number of amidine groups is 1. The normalized spacial score (nSPS) is 21.1. The van der Waals surface area contributed by atoms with Crippen LogP contribution in [0.25, 0.3) is 0 Å². The molecule has 8 heteroatoms. The van der Waals surface area contributed by atoms with Crippen molar-refractivity contribution in [1.82, 2.24) is 9.88 Å². The van der Waals surface area contributed by atoms with Gasteiger partial charge in [-0.2, -0.15) is 0 Å². The highest BCUT2D eigenvalue weighted by atomic mass is 79.9. The average Bonchev–Trinajstić information content (AvgIpc) is 3.07. The van der Waals surface area contributed by atoms with Gasteiger partial charge in [-0.15, -0.1) is 0 Å². The largest absolute Gasteiger partial charge is 0.368 e. The van der Waals surface area contributed by atoms with E-state index in [1.54, 1.807) is 12.3 Å². The summed E-state index contributed by atoms with van der Waals surface area (Å²) >= 11 is 9.75. The third-order valence-electron chi connectivity index (χ3n) is 7.80. The van der Waals surface area contributed by atoms with E-state index < -0.39 is 6.23 Å². The van der Waals surface area contributed by atoms with Gasteiger partial charge in [0.05, 0.1) is 22.1 Å². The van der Waals surface area contributed by atoms with Crippen LogP contribution in [0.5, 0.6) is 0 Å². The topological polar surface area (TPSA) is 52.0 Å². The summed E-state index contributed by atoms with van der Waals surface area (Å²) < 4.78 is 14.9. The number of benzene rings is 2. The predicted octanol–water partition coefficient (Wildman–Crippen LogP) is 6.85. The van der Waals surface area contributed by atoms with Crippen LogP contribution in [-0.4, -0.2) is 33.9 Å². The second-order valence-corrected chi connectivity index (χ2v) is 11.7. The van der Waals surface area contributed by atoms with Gasteiger partial charge >= 0.3 is 0 Å². The van der Waals surface area contributed by atoms with E-state index in [0.717, 1.165) is 43.1 Å². The molecule has 4 heterocycles. The van der Waals surface area contributed by atoms with Gasteiger partial charge in [0.15, 0.2) is 6.23 Å². The van der Waals surface area contributed by atoms with E-state index in [2.05, 4.69) is 67.8 Å². The van der Waals surface area contributed by atoms with E-state index in [-0.39, 0.29) is 11.2 Å². The van der Waals surface area contributed by atoms with Crippen molar-refractivity contribution >= 4 is 44.7 Å².